The highest BCUT2D eigenvalue weighted by molar-refractivity contribution is 7.89. The molecule has 0 radical (unpaired) electrons. The van der Waals surface area contributed by atoms with Crippen molar-refractivity contribution in [1.82, 2.24) is 9.55 Å². The van der Waals surface area contributed by atoms with Gasteiger partial charge in [0.15, 0.2) is 4.90 Å². The minimum absolute atomic E-state index is 0.0294. The van der Waals surface area contributed by atoms with Crippen LogP contribution in [0, 0.1) is 5.82 Å². The number of benzene rings is 1. The molecule has 2 aromatic rings. The monoisotopic (exact) mass is 299 g/mol. The molecule has 0 aliphatic carbocycles. The number of rotatable bonds is 3. The number of H-pyrrole nitrogens is 1. The van der Waals surface area contributed by atoms with E-state index in [4.69, 9.17) is 5.14 Å². The molecule has 0 spiro atoms. The number of nitrogens with one attached hydrogen (secondary N) is 1. The molecule has 7 nitrogen and oxygen atoms in total. The summed E-state index contributed by atoms with van der Waals surface area (Å²) >= 11 is 0. The first-order valence-electron chi connectivity index (χ1n) is 5.38. The lowest BCUT2D eigenvalue weighted by Crippen LogP contribution is -2.34. The molecule has 1 heterocycles. The summed E-state index contributed by atoms with van der Waals surface area (Å²) < 4.78 is 36.1. The van der Waals surface area contributed by atoms with Crippen LogP contribution in [0.4, 0.5) is 4.39 Å². The first-order chi connectivity index (χ1) is 9.27. The summed E-state index contributed by atoms with van der Waals surface area (Å²) in [6.45, 7) is -0.0294. The zero-order valence-electron chi connectivity index (χ0n) is 10.0. The Morgan fingerprint density at radius 3 is 2.35 bits per heavy atom. The maximum Gasteiger partial charge on any atom is 0.328 e. The second kappa shape index (κ2) is 5.02. The average molecular weight is 299 g/mol. The number of aromatic nitrogens is 2. The van der Waals surface area contributed by atoms with Gasteiger partial charge in [0.05, 0.1) is 6.54 Å². The number of aromatic amines is 1. The molecule has 0 saturated heterocycles. The second-order valence-corrected chi connectivity index (χ2v) is 5.58. The standard InChI is InChI=1S/C11H10FN3O4S/c12-8-3-1-7(2-4-8)5-15-6-9(20(13,18)19)10(16)14-11(15)17/h1-4,6H,5H2,(H2,13,18,19)(H,14,16,17). The SMILES string of the molecule is NS(=O)(=O)c1cn(Cc2ccc(F)cc2)c(=O)[nH]c1=O. The van der Waals surface area contributed by atoms with Crippen molar-refractivity contribution in [3.05, 3.63) is 62.7 Å². The van der Waals surface area contributed by atoms with Crippen LogP contribution >= 0.6 is 0 Å². The van der Waals surface area contributed by atoms with Gasteiger partial charge in [-0.3, -0.25) is 14.3 Å². The van der Waals surface area contributed by atoms with Crippen molar-refractivity contribution in [3.63, 3.8) is 0 Å². The van der Waals surface area contributed by atoms with Crippen LogP contribution in [0.1, 0.15) is 5.56 Å². The zero-order chi connectivity index (χ0) is 14.9. The molecule has 3 N–H and O–H groups in total. The van der Waals surface area contributed by atoms with Gasteiger partial charge in [0.2, 0.25) is 10.0 Å². The summed E-state index contributed by atoms with van der Waals surface area (Å²) in [5.74, 6) is -0.437. The van der Waals surface area contributed by atoms with Crippen molar-refractivity contribution in [1.29, 1.82) is 0 Å². The molecular weight excluding hydrogens is 289 g/mol. The fourth-order valence-electron chi connectivity index (χ4n) is 1.60. The molecule has 0 amide bonds. The van der Waals surface area contributed by atoms with Gasteiger partial charge in [0.1, 0.15) is 5.82 Å². The summed E-state index contributed by atoms with van der Waals surface area (Å²) in [4.78, 5) is 24.1. The normalized spacial score (nSPS) is 11.5. The maximum absolute atomic E-state index is 12.8. The van der Waals surface area contributed by atoms with Crippen molar-refractivity contribution in [2.24, 2.45) is 5.14 Å². The van der Waals surface area contributed by atoms with E-state index in [2.05, 4.69) is 0 Å². The number of halogens is 1. The Balaban J connectivity index is 2.50. The summed E-state index contributed by atoms with van der Waals surface area (Å²) in [5.41, 5.74) is -1.31. The van der Waals surface area contributed by atoms with Gasteiger partial charge in [0, 0.05) is 6.20 Å². The quantitative estimate of drug-likeness (QED) is 0.785. The number of primary sulfonamides is 1. The van der Waals surface area contributed by atoms with Crippen molar-refractivity contribution in [2.45, 2.75) is 11.4 Å². The highest BCUT2D eigenvalue weighted by atomic mass is 32.2. The lowest BCUT2D eigenvalue weighted by Gasteiger charge is -2.06. The Morgan fingerprint density at radius 1 is 1.20 bits per heavy atom. The first kappa shape index (κ1) is 14.2. The molecule has 0 fully saturated rings. The van der Waals surface area contributed by atoms with Crippen LogP contribution in [-0.2, 0) is 16.6 Å². The maximum atomic E-state index is 12.8. The highest BCUT2D eigenvalue weighted by Crippen LogP contribution is 2.04. The van der Waals surface area contributed by atoms with Crippen LogP contribution in [0.15, 0.2) is 44.9 Å². The molecule has 0 saturated carbocycles. The fraction of sp³-hybridized carbons (Fsp3) is 0.0909. The molecule has 0 aliphatic rings. The van der Waals surface area contributed by atoms with Gasteiger partial charge < -0.3 is 0 Å². The molecule has 1 aromatic heterocycles. The molecule has 2 rings (SSSR count). The van der Waals surface area contributed by atoms with Crippen molar-refractivity contribution in [3.8, 4) is 0 Å². The number of sulfonamides is 1. The van der Waals surface area contributed by atoms with E-state index in [0.717, 1.165) is 10.8 Å². The highest BCUT2D eigenvalue weighted by Gasteiger charge is 2.15. The molecule has 20 heavy (non-hydrogen) atoms. The summed E-state index contributed by atoms with van der Waals surface area (Å²) in [6, 6.07) is 5.27. The molecule has 0 atom stereocenters. The Bertz CT molecular complexity index is 852. The minimum atomic E-state index is -4.24. The first-order valence-corrected chi connectivity index (χ1v) is 6.93. The Labute approximate surface area is 112 Å². The zero-order valence-corrected chi connectivity index (χ0v) is 10.9. The van der Waals surface area contributed by atoms with Gasteiger partial charge in [-0.15, -0.1) is 0 Å². The van der Waals surface area contributed by atoms with Crippen LogP contribution in [0.3, 0.4) is 0 Å². The van der Waals surface area contributed by atoms with E-state index in [1.54, 1.807) is 0 Å². The van der Waals surface area contributed by atoms with E-state index in [1.807, 2.05) is 4.98 Å². The van der Waals surface area contributed by atoms with Crippen LogP contribution < -0.4 is 16.4 Å². The Morgan fingerprint density at radius 2 is 1.80 bits per heavy atom. The predicted octanol–water partition coefficient (Wildman–Crippen LogP) is -0.629. The average Bonchev–Trinajstić information content (AvgIpc) is 2.33. The van der Waals surface area contributed by atoms with E-state index in [0.29, 0.717) is 5.56 Å². The van der Waals surface area contributed by atoms with Gasteiger partial charge in [0.25, 0.3) is 5.56 Å². The number of hydrogen-bond donors (Lipinski definition) is 2. The molecule has 9 heteroatoms. The summed E-state index contributed by atoms with van der Waals surface area (Å²) in [6.07, 6.45) is 0.861. The lowest BCUT2D eigenvalue weighted by atomic mass is 10.2. The Kier molecular flexibility index (Phi) is 3.55. The van der Waals surface area contributed by atoms with Crippen molar-refractivity contribution < 1.29 is 12.8 Å². The van der Waals surface area contributed by atoms with Gasteiger partial charge in [-0.05, 0) is 17.7 Å². The number of hydrogen-bond acceptors (Lipinski definition) is 4. The molecule has 0 unspecified atom stereocenters. The minimum Gasteiger partial charge on any atom is -0.295 e. The van der Waals surface area contributed by atoms with Crippen LogP contribution in [0.25, 0.3) is 0 Å². The fourth-order valence-corrected chi connectivity index (χ4v) is 2.18. The second-order valence-electron chi connectivity index (χ2n) is 4.05. The predicted molar refractivity (Wildman–Crippen MR) is 68.2 cm³/mol. The van der Waals surface area contributed by atoms with Gasteiger partial charge in [-0.25, -0.2) is 22.7 Å². The molecular formula is C11H10FN3O4S. The van der Waals surface area contributed by atoms with Crippen molar-refractivity contribution in [2.75, 3.05) is 0 Å². The molecule has 106 valence electrons. The van der Waals surface area contributed by atoms with Crippen LogP contribution in [-0.4, -0.2) is 18.0 Å². The van der Waals surface area contributed by atoms with E-state index in [9.17, 15) is 22.4 Å². The third-order valence-electron chi connectivity index (χ3n) is 2.55. The van der Waals surface area contributed by atoms with E-state index < -0.39 is 32.0 Å². The molecule has 1 aromatic carbocycles. The van der Waals surface area contributed by atoms with Gasteiger partial charge >= 0.3 is 5.69 Å². The molecule has 0 bridgehead atoms. The smallest absolute Gasteiger partial charge is 0.295 e. The third-order valence-corrected chi connectivity index (χ3v) is 3.45. The van der Waals surface area contributed by atoms with Crippen molar-refractivity contribution >= 4 is 10.0 Å². The lowest BCUT2D eigenvalue weighted by molar-refractivity contribution is 0.591. The van der Waals surface area contributed by atoms with E-state index in [-0.39, 0.29) is 6.54 Å². The third kappa shape index (κ3) is 3.00. The topological polar surface area (TPSA) is 115 Å². The van der Waals surface area contributed by atoms with Crippen LogP contribution in [0.2, 0.25) is 0 Å². The van der Waals surface area contributed by atoms with Gasteiger partial charge in [-0.2, -0.15) is 0 Å². The largest absolute Gasteiger partial charge is 0.328 e. The van der Waals surface area contributed by atoms with Gasteiger partial charge in [-0.1, -0.05) is 12.1 Å². The Hall–Kier alpha value is -2.26. The van der Waals surface area contributed by atoms with Crippen LogP contribution in [0.5, 0.6) is 0 Å². The van der Waals surface area contributed by atoms with E-state index >= 15 is 0 Å². The molecule has 0 aliphatic heterocycles. The summed E-state index contributed by atoms with van der Waals surface area (Å²) in [7, 11) is -4.24. The number of nitrogens with zero attached hydrogens (tertiary/aromatic N) is 1. The number of nitrogens with two attached hydrogens (primary N) is 1. The van der Waals surface area contributed by atoms with E-state index in [1.165, 1.54) is 24.3 Å². The summed E-state index contributed by atoms with van der Waals surface area (Å²) in [5, 5.41) is 4.88.